The Balaban J connectivity index is 3.75. The average Bonchev–Trinajstić information content (AvgIpc) is 2.40. The van der Waals surface area contributed by atoms with Gasteiger partial charge in [-0.2, -0.15) is 0 Å². The molecule has 0 spiro atoms. The zero-order valence-corrected chi connectivity index (χ0v) is 18.7. The highest BCUT2D eigenvalue weighted by Gasteiger charge is 2.28. The summed E-state index contributed by atoms with van der Waals surface area (Å²) in [5, 5.41) is 0. The van der Waals surface area contributed by atoms with Gasteiger partial charge in [0.25, 0.3) is 0 Å². The van der Waals surface area contributed by atoms with E-state index in [0.29, 0.717) is 13.2 Å². The fourth-order valence-electron chi connectivity index (χ4n) is 2.24. The molecule has 146 valence electrons. The normalized spacial score (nSPS) is 12.6. The van der Waals surface area contributed by atoms with Gasteiger partial charge in [0, 0.05) is 18.8 Å². The Morgan fingerprint density at radius 2 is 1.52 bits per heavy atom. The third-order valence-corrected chi connectivity index (χ3v) is 9.05. The van der Waals surface area contributed by atoms with Crippen LogP contribution in [0.5, 0.6) is 0 Å². The number of hydrogen-bond acceptors (Lipinski definition) is 6. The van der Waals surface area contributed by atoms with Crippen LogP contribution in [0.15, 0.2) is 12.2 Å². The number of ether oxygens (including phenoxy) is 3. The van der Waals surface area contributed by atoms with Gasteiger partial charge < -0.3 is 18.3 Å². The minimum atomic E-state index is -1.62. The molecule has 0 aliphatic heterocycles. The van der Waals surface area contributed by atoms with Crippen molar-refractivity contribution in [2.24, 2.45) is 0 Å². The summed E-state index contributed by atoms with van der Waals surface area (Å²) in [7, 11) is -3.10. The Kier molecular flexibility index (Phi) is 11.2. The predicted octanol–water partition coefficient (Wildman–Crippen LogP) is 3.50. The Hall–Kier alpha value is -0.966. The number of rotatable bonds is 12. The van der Waals surface area contributed by atoms with Gasteiger partial charge in [0.05, 0.1) is 12.7 Å². The van der Waals surface area contributed by atoms with Crippen molar-refractivity contribution in [2.75, 3.05) is 19.8 Å². The van der Waals surface area contributed by atoms with E-state index < -0.39 is 28.6 Å². The minimum Gasteiger partial charge on any atom is -0.460 e. The SMILES string of the molecule is CC(C)OC(=O)C=CC(=O)OCCOCCC[Si](C)(C)O[Si](C)(C)C. The summed E-state index contributed by atoms with van der Waals surface area (Å²) in [5.41, 5.74) is 0. The van der Waals surface area contributed by atoms with Gasteiger partial charge >= 0.3 is 11.9 Å². The Morgan fingerprint density at radius 1 is 0.920 bits per heavy atom. The Morgan fingerprint density at radius 3 is 2.08 bits per heavy atom. The van der Waals surface area contributed by atoms with E-state index in [1.54, 1.807) is 13.8 Å². The Labute approximate surface area is 154 Å². The van der Waals surface area contributed by atoms with E-state index in [9.17, 15) is 9.59 Å². The molecule has 0 fully saturated rings. The van der Waals surface area contributed by atoms with E-state index in [2.05, 4.69) is 32.7 Å². The summed E-state index contributed by atoms with van der Waals surface area (Å²) in [5.74, 6) is -1.14. The molecule has 0 aromatic heterocycles. The highest BCUT2D eigenvalue weighted by molar-refractivity contribution is 6.84. The zero-order valence-electron chi connectivity index (χ0n) is 16.7. The van der Waals surface area contributed by atoms with Gasteiger partial charge in [0.15, 0.2) is 16.6 Å². The van der Waals surface area contributed by atoms with Crippen molar-refractivity contribution in [3.8, 4) is 0 Å². The molecular formula is C17H34O6Si2. The molecule has 0 saturated heterocycles. The van der Waals surface area contributed by atoms with Crippen molar-refractivity contribution in [1.82, 2.24) is 0 Å². The molecule has 0 unspecified atom stereocenters. The van der Waals surface area contributed by atoms with Crippen molar-refractivity contribution in [2.45, 2.75) is 65.2 Å². The van der Waals surface area contributed by atoms with Gasteiger partial charge in [-0.3, -0.25) is 0 Å². The summed E-state index contributed by atoms with van der Waals surface area (Å²) in [6.07, 6.45) is 2.85. The molecule has 0 rings (SSSR count). The van der Waals surface area contributed by atoms with E-state index in [1.165, 1.54) is 0 Å². The molecule has 0 N–H and O–H groups in total. The van der Waals surface area contributed by atoms with Crippen LogP contribution in [-0.2, 0) is 27.9 Å². The highest BCUT2D eigenvalue weighted by atomic mass is 28.4. The largest absolute Gasteiger partial charge is 0.460 e. The van der Waals surface area contributed by atoms with Crippen LogP contribution in [0.3, 0.4) is 0 Å². The molecule has 0 radical (unpaired) electrons. The lowest BCUT2D eigenvalue weighted by molar-refractivity contribution is -0.143. The van der Waals surface area contributed by atoms with Crippen molar-refractivity contribution in [3.05, 3.63) is 12.2 Å². The molecule has 6 nitrogen and oxygen atoms in total. The third kappa shape index (κ3) is 16.3. The van der Waals surface area contributed by atoms with Crippen LogP contribution in [0, 0.1) is 0 Å². The van der Waals surface area contributed by atoms with Crippen molar-refractivity contribution in [3.63, 3.8) is 0 Å². The maximum absolute atomic E-state index is 11.4. The molecule has 0 heterocycles. The molecule has 25 heavy (non-hydrogen) atoms. The van der Waals surface area contributed by atoms with E-state index in [1.807, 2.05) is 0 Å². The summed E-state index contributed by atoms with van der Waals surface area (Å²) in [6.45, 7) is 15.7. The lowest BCUT2D eigenvalue weighted by Crippen LogP contribution is -2.42. The van der Waals surface area contributed by atoms with E-state index in [-0.39, 0.29) is 12.7 Å². The first-order valence-corrected chi connectivity index (χ1v) is 15.3. The van der Waals surface area contributed by atoms with E-state index in [4.69, 9.17) is 18.3 Å². The summed E-state index contributed by atoms with van der Waals surface area (Å²) in [6, 6.07) is 1.05. The van der Waals surface area contributed by atoms with E-state index >= 15 is 0 Å². The number of esters is 2. The van der Waals surface area contributed by atoms with Crippen LogP contribution in [0.2, 0.25) is 38.8 Å². The highest BCUT2D eigenvalue weighted by Crippen LogP contribution is 2.19. The van der Waals surface area contributed by atoms with Crippen LogP contribution in [0.1, 0.15) is 20.3 Å². The molecule has 0 aliphatic carbocycles. The third-order valence-electron chi connectivity index (χ3n) is 2.83. The second kappa shape index (κ2) is 11.6. The van der Waals surface area contributed by atoms with Gasteiger partial charge in [-0.1, -0.05) is 0 Å². The average molecular weight is 391 g/mol. The van der Waals surface area contributed by atoms with Gasteiger partial charge in [-0.15, -0.1) is 0 Å². The summed E-state index contributed by atoms with van der Waals surface area (Å²) in [4.78, 5) is 22.6. The monoisotopic (exact) mass is 390 g/mol. The second-order valence-electron chi connectivity index (χ2n) is 7.68. The van der Waals surface area contributed by atoms with Crippen molar-refractivity contribution >= 4 is 28.6 Å². The molecule has 0 aliphatic rings. The van der Waals surface area contributed by atoms with Gasteiger partial charge in [-0.05, 0) is 59.0 Å². The number of carbonyl (C=O) groups is 2. The van der Waals surface area contributed by atoms with E-state index in [0.717, 1.165) is 24.6 Å². The fraction of sp³-hybridized carbons (Fsp3) is 0.765. The number of hydrogen-bond donors (Lipinski definition) is 0. The smallest absolute Gasteiger partial charge is 0.331 e. The molecule has 0 bridgehead atoms. The topological polar surface area (TPSA) is 71.1 Å². The quantitative estimate of drug-likeness (QED) is 0.220. The van der Waals surface area contributed by atoms with Crippen LogP contribution in [-0.4, -0.2) is 54.5 Å². The fourth-order valence-corrected chi connectivity index (χ4v) is 10.3. The molecule has 0 amide bonds. The molecule has 0 atom stereocenters. The molecule has 0 aromatic rings. The van der Waals surface area contributed by atoms with Crippen LogP contribution in [0.4, 0.5) is 0 Å². The maximum atomic E-state index is 11.4. The zero-order chi connectivity index (χ0) is 19.5. The minimum absolute atomic E-state index is 0.161. The van der Waals surface area contributed by atoms with Crippen LogP contribution < -0.4 is 0 Å². The molecule has 8 heteroatoms. The first kappa shape index (κ1) is 24.0. The lowest BCUT2D eigenvalue weighted by Gasteiger charge is -2.31. The Bertz CT molecular complexity index is 441. The summed E-state index contributed by atoms with van der Waals surface area (Å²) >= 11 is 0. The summed E-state index contributed by atoms with van der Waals surface area (Å²) < 4.78 is 21.5. The predicted molar refractivity (Wildman–Crippen MR) is 103 cm³/mol. The van der Waals surface area contributed by atoms with Crippen molar-refractivity contribution < 1.29 is 27.9 Å². The number of carbonyl (C=O) groups excluding carboxylic acids is 2. The molecule has 0 saturated carbocycles. The van der Waals surface area contributed by atoms with Crippen molar-refractivity contribution in [1.29, 1.82) is 0 Å². The van der Waals surface area contributed by atoms with Gasteiger partial charge in [0.2, 0.25) is 0 Å². The second-order valence-corrected chi connectivity index (χ2v) is 16.7. The maximum Gasteiger partial charge on any atom is 0.331 e. The molecular weight excluding hydrogens is 356 g/mol. The first-order valence-electron chi connectivity index (χ1n) is 8.75. The first-order chi connectivity index (χ1) is 11.4. The standard InChI is InChI=1S/C17H34O6Si2/c1-15(2)22-17(19)10-9-16(18)21-13-12-20-11-8-14-25(6,7)23-24(3,4)5/h9-10,15H,8,11-14H2,1-7H3. The molecule has 0 aromatic carbocycles. The lowest BCUT2D eigenvalue weighted by atomic mass is 10.4. The van der Waals surface area contributed by atoms with Crippen LogP contribution >= 0.6 is 0 Å². The van der Waals surface area contributed by atoms with Gasteiger partial charge in [-0.25, -0.2) is 9.59 Å². The van der Waals surface area contributed by atoms with Gasteiger partial charge in [0.1, 0.15) is 6.61 Å². The van der Waals surface area contributed by atoms with Crippen LogP contribution in [0.25, 0.3) is 0 Å².